The van der Waals surface area contributed by atoms with Crippen molar-refractivity contribution in [3.8, 4) is 0 Å². The molecule has 0 aliphatic carbocycles. The molecule has 1 aromatic heterocycles. The van der Waals surface area contributed by atoms with Gasteiger partial charge in [0.1, 0.15) is 23.3 Å². The van der Waals surface area contributed by atoms with Crippen LogP contribution in [0.1, 0.15) is 41.5 Å². The molecule has 4 atom stereocenters. The summed E-state index contributed by atoms with van der Waals surface area (Å²) in [5.74, 6) is -4.53. The van der Waals surface area contributed by atoms with Gasteiger partial charge in [-0.15, -0.1) is 0 Å². The highest BCUT2D eigenvalue weighted by atomic mass is 32.2. The fraction of sp³-hybridized carbons (Fsp3) is 0.294. The molecule has 4 aromatic rings. The zero-order valence-corrected chi connectivity index (χ0v) is 25.9. The molecule has 0 bridgehead atoms. The summed E-state index contributed by atoms with van der Waals surface area (Å²) < 4.78 is 86.1. The lowest BCUT2D eigenvalue weighted by molar-refractivity contribution is -0.119. The first-order chi connectivity index (χ1) is 22.0. The first kappa shape index (κ1) is 33.4. The zero-order chi connectivity index (χ0) is 33.0. The largest absolute Gasteiger partial charge is 0.321 e. The van der Waals surface area contributed by atoms with E-state index < -0.39 is 57.1 Å². The summed E-state index contributed by atoms with van der Waals surface area (Å²) >= 11 is 0. The number of Topliss-reactive ketones (excluding diaryl/α,β-unsaturated/α-hetero) is 1. The van der Waals surface area contributed by atoms with Crippen molar-refractivity contribution in [3.63, 3.8) is 0 Å². The second-order valence-electron chi connectivity index (χ2n) is 11.5. The van der Waals surface area contributed by atoms with E-state index in [4.69, 9.17) is 5.73 Å². The van der Waals surface area contributed by atoms with Crippen LogP contribution < -0.4 is 11.1 Å². The van der Waals surface area contributed by atoms with Gasteiger partial charge in [-0.2, -0.15) is 4.31 Å². The van der Waals surface area contributed by atoms with Crippen molar-refractivity contribution >= 4 is 15.8 Å². The van der Waals surface area contributed by atoms with E-state index in [0.29, 0.717) is 24.7 Å². The number of nitrogens with two attached hydrogens (primary N) is 1. The minimum Gasteiger partial charge on any atom is -0.321 e. The van der Waals surface area contributed by atoms with Crippen LogP contribution in [-0.4, -0.2) is 54.7 Å². The Morgan fingerprint density at radius 1 is 0.935 bits per heavy atom. The van der Waals surface area contributed by atoms with Crippen LogP contribution in [0.4, 0.5) is 17.6 Å². The molecule has 0 amide bonds. The Bertz CT molecular complexity index is 1770. The lowest BCUT2D eigenvalue weighted by atomic mass is 9.82. The SMILES string of the molecule is C[C@@H]1CNC[C@H](CCc2c(F)cncc2CC(=O)[C@@H](N)[C@@H](c2ccc(F)cc2)c2cc(F)cc(F)c2)N1S(=O)(=O)c1ccccc1. The number of rotatable bonds is 11. The van der Waals surface area contributed by atoms with Crippen LogP contribution in [0.2, 0.25) is 0 Å². The second kappa shape index (κ2) is 14.2. The van der Waals surface area contributed by atoms with Gasteiger partial charge < -0.3 is 11.1 Å². The fourth-order valence-electron chi connectivity index (χ4n) is 6.14. The van der Waals surface area contributed by atoms with Crippen LogP contribution in [0.15, 0.2) is 90.1 Å². The second-order valence-corrected chi connectivity index (χ2v) is 13.4. The molecule has 0 unspecified atom stereocenters. The number of nitrogens with one attached hydrogen (secondary N) is 1. The highest BCUT2D eigenvalue weighted by Gasteiger charge is 2.38. The number of hydrogen-bond donors (Lipinski definition) is 2. The maximum atomic E-state index is 15.3. The maximum Gasteiger partial charge on any atom is 0.243 e. The minimum atomic E-state index is -3.85. The number of aromatic nitrogens is 1. The topological polar surface area (TPSA) is 105 Å². The predicted molar refractivity (Wildman–Crippen MR) is 165 cm³/mol. The molecule has 242 valence electrons. The summed E-state index contributed by atoms with van der Waals surface area (Å²) in [6, 6.07) is 13.8. The molecule has 2 heterocycles. The molecule has 46 heavy (non-hydrogen) atoms. The van der Waals surface area contributed by atoms with E-state index in [-0.39, 0.29) is 46.9 Å². The van der Waals surface area contributed by atoms with E-state index in [1.54, 1.807) is 25.1 Å². The first-order valence-corrected chi connectivity index (χ1v) is 16.3. The Labute approximate surface area is 265 Å². The zero-order valence-electron chi connectivity index (χ0n) is 25.0. The van der Waals surface area contributed by atoms with E-state index in [2.05, 4.69) is 10.3 Å². The molecule has 5 rings (SSSR count). The van der Waals surface area contributed by atoms with Crippen molar-refractivity contribution in [3.05, 3.63) is 131 Å². The van der Waals surface area contributed by atoms with Gasteiger partial charge in [-0.25, -0.2) is 26.0 Å². The molecular weight excluding hydrogens is 620 g/mol. The molecule has 3 N–H and O–H groups in total. The van der Waals surface area contributed by atoms with Crippen molar-refractivity contribution in [2.24, 2.45) is 5.73 Å². The summed E-state index contributed by atoms with van der Waals surface area (Å²) in [4.78, 5) is 17.7. The van der Waals surface area contributed by atoms with Gasteiger partial charge in [-0.3, -0.25) is 9.78 Å². The van der Waals surface area contributed by atoms with E-state index in [0.717, 1.165) is 30.5 Å². The number of pyridine rings is 1. The lowest BCUT2D eigenvalue weighted by Crippen LogP contribution is -2.58. The highest BCUT2D eigenvalue weighted by Crippen LogP contribution is 2.31. The summed E-state index contributed by atoms with van der Waals surface area (Å²) in [5, 5.41) is 3.25. The highest BCUT2D eigenvalue weighted by molar-refractivity contribution is 7.89. The summed E-state index contributed by atoms with van der Waals surface area (Å²) in [6.07, 6.45) is 2.39. The Hall–Kier alpha value is -3.97. The average Bonchev–Trinajstić information content (AvgIpc) is 3.01. The molecule has 1 aliphatic heterocycles. The third kappa shape index (κ3) is 7.36. The number of halogens is 4. The van der Waals surface area contributed by atoms with Crippen molar-refractivity contribution < 1.29 is 30.8 Å². The van der Waals surface area contributed by atoms with Crippen LogP contribution in [0.5, 0.6) is 0 Å². The molecule has 0 saturated carbocycles. The number of carbonyl (C=O) groups is 1. The van der Waals surface area contributed by atoms with Gasteiger partial charge >= 0.3 is 0 Å². The molecule has 1 fully saturated rings. The van der Waals surface area contributed by atoms with Gasteiger partial charge in [0.2, 0.25) is 10.0 Å². The van der Waals surface area contributed by atoms with Gasteiger partial charge in [-0.05, 0) is 78.4 Å². The van der Waals surface area contributed by atoms with E-state index in [1.807, 2.05) is 0 Å². The van der Waals surface area contributed by atoms with Gasteiger partial charge in [0.05, 0.1) is 17.1 Å². The van der Waals surface area contributed by atoms with Gasteiger partial charge in [-0.1, -0.05) is 30.3 Å². The molecule has 3 aromatic carbocycles. The Morgan fingerprint density at radius 2 is 1.61 bits per heavy atom. The molecule has 1 aliphatic rings. The fourth-order valence-corrected chi connectivity index (χ4v) is 8.01. The Kier molecular flexibility index (Phi) is 10.3. The molecule has 0 spiro atoms. The van der Waals surface area contributed by atoms with Crippen LogP contribution >= 0.6 is 0 Å². The summed E-state index contributed by atoms with van der Waals surface area (Å²) in [5.41, 5.74) is 7.35. The number of piperazine rings is 1. The smallest absolute Gasteiger partial charge is 0.243 e. The minimum absolute atomic E-state index is 0.0844. The van der Waals surface area contributed by atoms with Crippen molar-refractivity contribution in [1.82, 2.24) is 14.6 Å². The number of benzene rings is 3. The Morgan fingerprint density at radius 3 is 2.28 bits per heavy atom. The average molecular weight is 655 g/mol. The molecular formula is C34H34F4N4O3S. The summed E-state index contributed by atoms with van der Waals surface area (Å²) in [7, 11) is -3.85. The number of carbonyl (C=O) groups excluding carboxylic acids is 1. The first-order valence-electron chi connectivity index (χ1n) is 14.9. The number of sulfonamides is 1. The van der Waals surface area contributed by atoms with Crippen LogP contribution in [0.25, 0.3) is 0 Å². The third-order valence-electron chi connectivity index (χ3n) is 8.32. The molecule has 7 nitrogen and oxygen atoms in total. The molecule has 1 saturated heterocycles. The van der Waals surface area contributed by atoms with E-state index >= 15 is 4.39 Å². The number of nitrogens with zero attached hydrogens (tertiary/aromatic N) is 2. The van der Waals surface area contributed by atoms with E-state index in [1.165, 1.54) is 34.8 Å². The van der Waals surface area contributed by atoms with Crippen molar-refractivity contribution in [2.75, 3.05) is 13.1 Å². The lowest BCUT2D eigenvalue weighted by Gasteiger charge is -2.40. The number of ketones is 1. The standard InChI is InChI=1S/C34H34F4N4O3S/c1-21-17-40-19-28(42(21)46(44,45)29-5-3-2-4-6-29)11-12-30-24(18-41-20-31(30)38)15-32(43)34(39)33(22-7-9-25(35)10-8-22)23-13-26(36)16-27(37)14-23/h2-10,13-14,16,18,20-21,28,33-34,40H,11-12,15,17,19,39H2,1H3/t21-,28+,33+,34-/m1/s1. The maximum absolute atomic E-state index is 15.3. The normalized spacial score (nSPS) is 18.7. The van der Waals surface area contributed by atoms with Gasteiger partial charge in [0, 0.05) is 49.8 Å². The molecule has 0 radical (unpaired) electrons. The predicted octanol–water partition coefficient (Wildman–Crippen LogP) is 4.89. The number of hydrogen-bond acceptors (Lipinski definition) is 6. The van der Waals surface area contributed by atoms with Crippen LogP contribution in [0, 0.1) is 23.3 Å². The molecule has 12 heteroatoms. The van der Waals surface area contributed by atoms with Gasteiger partial charge in [0.25, 0.3) is 0 Å². The van der Waals surface area contributed by atoms with Gasteiger partial charge in [0.15, 0.2) is 5.78 Å². The third-order valence-corrected chi connectivity index (χ3v) is 10.4. The van der Waals surface area contributed by atoms with Crippen LogP contribution in [0.3, 0.4) is 0 Å². The quantitative estimate of drug-likeness (QED) is 0.223. The van der Waals surface area contributed by atoms with Crippen LogP contribution in [-0.2, 0) is 27.7 Å². The van der Waals surface area contributed by atoms with Crippen molar-refractivity contribution in [2.45, 2.75) is 55.1 Å². The van der Waals surface area contributed by atoms with Crippen molar-refractivity contribution in [1.29, 1.82) is 0 Å². The van der Waals surface area contributed by atoms with E-state index in [9.17, 15) is 26.4 Å². The Balaban J connectivity index is 1.39. The summed E-state index contributed by atoms with van der Waals surface area (Å²) in [6.45, 7) is 2.61. The monoisotopic (exact) mass is 654 g/mol.